The summed E-state index contributed by atoms with van der Waals surface area (Å²) in [5, 5.41) is 13.7. The lowest BCUT2D eigenvalue weighted by molar-refractivity contribution is -0.385. The van der Waals surface area contributed by atoms with Crippen molar-refractivity contribution in [1.29, 1.82) is 0 Å². The van der Waals surface area contributed by atoms with E-state index in [0.717, 1.165) is 24.6 Å². The maximum absolute atomic E-state index is 12.3. The summed E-state index contributed by atoms with van der Waals surface area (Å²) in [6.45, 7) is 4.74. The van der Waals surface area contributed by atoms with Gasteiger partial charge in [-0.2, -0.15) is 0 Å². The number of rotatable bonds is 5. The monoisotopic (exact) mass is 357 g/mol. The third-order valence-electron chi connectivity index (χ3n) is 3.97. The smallest absolute Gasteiger partial charge is 0.282 e. The van der Waals surface area contributed by atoms with Crippen LogP contribution in [0.5, 0.6) is 0 Å². The van der Waals surface area contributed by atoms with E-state index in [1.807, 2.05) is 13.0 Å². The number of benzene rings is 1. The van der Waals surface area contributed by atoms with Crippen molar-refractivity contribution in [3.8, 4) is 0 Å². The average Bonchev–Trinajstić information content (AvgIpc) is 2.66. The number of anilines is 1. The Balaban J connectivity index is 1.72. The molecular formula is C17H19N5O4. The summed E-state index contributed by atoms with van der Waals surface area (Å²) < 4.78 is 5.34. The summed E-state index contributed by atoms with van der Waals surface area (Å²) in [4.78, 5) is 33.7. The third kappa shape index (κ3) is 4.12. The molecule has 3 rings (SSSR count). The fourth-order valence-electron chi connectivity index (χ4n) is 2.73. The quantitative estimate of drug-likeness (QED) is 0.637. The van der Waals surface area contributed by atoms with Crippen LogP contribution in [0.25, 0.3) is 0 Å². The standard InChI is InChI=1S/C17H19N5O4/c1-12-10-16(21-6-8-26-9-7-21)20-15(19-12)11-18-17(23)13-4-2-3-5-14(13)22(24)25/h2-5,10H,6-9,11H2,1H3,(H,18,23). The van der Waals surface area contributed by atoms with Crippen LogP contribution in [0.4, 0.5) is 11.5 Å². The molecule has 0 unspecified atom stereocenters. The predicted molar refractivity (Wildman–Crippen MR) is 94.1 cm³/mol. The Kier molecular flexibility index (Phi) is 5.37. The van der Waals surface area contributed by atoms with Gasteiger partial charge in [-0.05, 0) is 13.0 Å². The average molecular weight is 357 g/mol. The molecule has 2 heterocycles. The van der Waals surface area contributed by atoms with Crippen molar-refractivity contribution in [2.45, 2.75) is 13.5 Å². The number of carbonyl (C=O) groups excluding carboxylic acids is 1. The van der Waals surface area contributed by atoms with E-state index in [1.54, 1.807) is 6.07 Å². The van der Waals surface area contributed by atoms with Gasteiger partial charge in [0.15, 0.2) is 0 Å². The molecule has 1 aliphatic heterocycles. The van der Waals surface area contributed by atoms with E-state index in [0.29, 0.717) is 19.0 Å². The minimum atomic E-state index is -0.575. The van der Waals surface area contributed by atoms with Crippen molar-refractivity contribution < 1.29 is 14.5 Å². The van der Waals surface area contributed by atoms with Crippen LogP contribution >= 0.6 is 0 Å². The zero-order valence-corrected chi connectivity index (χ0v) is 14.3. The molecule has 1 aromatic carbocycles. The van der Waals surface area contributed by atoms with Crippen LogP contribution in [0, 0.1) is 17.0 Å². The highest BCUT2D eigenvalue weighted by atomic mass is 16.6. The molecule has 0 radical (unpaired) electrons. The topological polar surface area (TPSA) is 110 Å². The maximum Gasteiger partial charge on any atom is 0.282 e. The number of carbonyl (C=O) groups is 1. The second-order valence-corrected chi connectivity index (χ2v) is 5.84. The molecule has 2 aromatic rings. The first-order valence-electron chi connectivity index (χ1n) is 8.23. The van der Waals surface area contributed by atoms with E-state index in [9.17, 15) is 14.9 Å². The Bertz CT molecular complexity index is 821. The molecule has 1 saturated heterocycles. The van der Waals surface area contributed by atoms with Gasteiger partial charge < -0.3 is 15.0 Å². The van der Waals surface area contributed by atoms with Gasteiger partial charge in [-0.1, -0.05) is 12.1 Å². The summed E-state index contributed by atoms with van der Waals surface area (Å²) in [7, 11) is 0. The number of aryl methyl sites for hydroxylation is 1. The van der Waals surface area contributed by atoms with Gasteiger partial charge in [-0.25, -0.2) is 9.97 Å². The van der Waals surface area contributed by atoms with Crippen LogP contribution in [0.2, 0.25) is 0 Å². The number of aromatic nitrogens is 2. The number of hydrogen-bond donors (Lipinski definition) is 1. The van der Waals surface area contributed by atoms with Crippen molar-refractivity contribution in [3.05, 3.63) is 57.5 Å². The predicted octanol–water partition coefficient (Wildman–Crippen LogP) is 1.46. The number of nitro benzene ring substituents is 1. The normalized spacial score (nSPS) is 14.1. The van der Waals surface area contributed by atoms with Crippen molar-refractivity contribution in [2.24, 2.45) is 0 Å². The van der Waals surface area contributed by atoms with Crippen LogP contribution in [0.3, 0.4) is 0 Å². The minimum absolute atomic E-state index is 0.0126. The van der Waals surface area contributed by atoms with Crippen molar-refractivity contribution in [2.75, 3.05) is 31.2 Å². The van der Waals surface area contributed by atoms with Crippen LogP contribution < -0.4 is 10.2 Å². The zero-order chi connectivity index (χ0) is 18.5. The summed E-state index contributed by atoms with van der Waals surface area (Å²) >= 11 is 0. The van der Waals surface area contributed by atoms with E-state index < -0.39 is 10.8 Å². The highest BCUT2D eigenvalue weighted by Gasteiger charge is 2.19. The fraction of sp³-hybridized carbons (Fsp3) is 0.353. The Hall–Kier alpha value is -3.07. The molecule has 0 atom stereocenters. The summed E-state index contributed by atoms with van der Waals surface area (Å²) in [5.41, 5.74) is 0.569. The van der Waals surface area contributed by atoms with E-state index in [2.05, 4.69) is 20.2 Å². The lowest BCUT2D eigenvalue weighted by atomic mass is 10.1. The molecule has 1 N–H and O–H groups in total. The lowest BCUT2D eigenvalue weighted by Gasteiger charge is -2.28. The number of nitrogens with zero attached hydrogens (tertiary/aromatic N) is 4. The van der Waals surface area contributed by atoms with Gasteiger partial charge in [0.2, 0.25) is 0 Å². The van der Waals surface area contributed by atoms with Gasteiger partial charge in [-0.15, -0.1) is 0 Å². The lowest BCUT2D eigenvalue weighted by Crippen LogP contribution is -2.37. The van der Waals surface area contributed by atoms with Gasteiger partial charge in [-0.3, -0.25) is 14.9 Å². The number of morpholine rings is 1. The summed E-state index contributed by atoms with van der Waals surface area (Å²) in [5.74, 6) is 0.712. The minimum Gasteiger partial charge on any atom is -0.378 e. The zero-order valence-electron chi connectivity index (χ0n) is 14.3. The molecule has 1 aromatic heterocycles. The van der Waals surface area contributed by atoms with Crippen molar-refractivity contribution >= 4 is 17.4 Å². The number of hydrogen-bond acceptors (Lipinski definition) is 7. The molecule has 9 nitrogen and oxygen atoms in total. The summed E-state index contributed by atoms with van der Waals surface area (Å²) in [6, 6.07) is 7.71. The molecule has 0 saturated carbocycles. The number of nitrogens with one attached hydrogen (secondary N) is 1. The number of amides is 1. The van der Waals surface area contributed by atoms with Crippen molar-refractivity contribution in [1.82, 2.24) is 15.3 Å². The van der Waals surface area contributed by atoms with Crippen LogP contribution in [-0.2, 0) is 11.3 Å². The summed E-state index contributed by atoms with van der Waals surface area (Å²) in [6.07, 6.45) is 0. The first-order chi connectivity index (χ1) is 12.5. The molecule has 1 amide bonds. The first kappa shape index (κ1) is 17.7. The number of ether oxygens (including phenoxy) is 1. The maximum atomic E-state index is 12.3. The first-order valence-corrected chi connectivity index (χ1v) is 8.23. The SMILES string of the molecule is Cc1cc(N2CCOCC2)nc(CNC(=O)c2ccccc2[N+](=O)[O-])n1. The van der Waals surface area contributed by atoms with Crippen LogP contribution in [0.1, 0.15) is 21.9 Å². The van der Waals surface area contributed by atoms with E-state index in [-0.39, 0.29) is 17.8 Å². The number of para-hydroxylation sites is 1. The highest BCUT2D eigenvalue weighted by molar-refractivity contribution is 5.98. The largest absolute Gasteiger partial charge is 0.378 e. The van der Waals surface area contributed by atoms with E-state index in [1.165, 1.54) is 18.2 Å². The molecule has 0 aliphatic carbocycles. The number of nitro groups is 1. The molecule has 9 heteroatoms. The molecule has 0 bridgehead atoms. The van der Waals surface area contributed by atoms with Gasteiger partial charge in [0.1, 0.15) is 17.2 Å². The van der Waals surface area contributed by atoms with Gasteiger partial charge in [0, 0.05) is 30.9 Å². The molecule has 1 fully saturated rings. The molecule has 26 heavy (non-hydrogen) atoms. The Morgan fingerprint density at radius 3 is 2.77 bits per heavy atom. The second-order valence-electron chi connectivity index (χ2n) is 5.84. The van der Waals surface area contributed by atoms with Gasteiger partial charge in [0.25, 0.3) is 11.6 Å². The van der Waals surface area contributed by atoms with E-state index in [4.69, 9.17) is 4.74 Å². The van der Waals surface area contributed by atoms with Gasteiger partial charge >= 0.3 is 0 Å². The molecular weight excluding hydrogens is 338 g/mol. The van der Waals surface area contributed by atoms with Crippen molar-refractivity contribution in [3.63, 3.8) is 0 Å². The van der Waals surface area contributed by atoms with Crippen LogP contribution in [-0.4, -0.2) is 47.1 Å². The third-order valence-corrected chi connectivity index (χ3v) is 3.97. The van der Waals surface area contributed by atoms with Crippen LogP contribution in [0.15, 0.2) is 30.3 Å². The fourth-order valence-corrected chi connectivity index (χ4v) is 2.73. The second kappa shape index (κ2) is 7.87. The Morgan fingerprint density at radius 2 is 2.04 bits per heavy atom. The molecule has 136 valence electrons. The van der Waals surface area contributed by atoms with Gasteiger partial charge in [0.05, 0.1) is 24.7 Å². The Morgan fingerprint density at radius 1 is 1.31 bits per heavy atom. The Labute approximate surface area is 150 Å². The molecule has 0 spiro atoms. The molecule has 1 aliphatic rings. The highest BCUT2D eigenvalue weighted by Crippen LogP contribution is 2.18. The van der Waals surface area contributed by atoms with E-state index >= 15 is 0 Å².